The quantitative estimate of drug-likeness (QED) is 0.693. The number of amides is 2. The molecule has 7 heteroatoms. The predicted molar refractivity (Wildman–Crippen MR) is 72.1 cm³/mol. The fraction of sp³-hybridized carbons (Fsp3) is 0.333. The van der Waals surface area contributed by atoms with Crippen LogP contribution >= 0.6 is 12.4 Å². The monoisotopic (exact) mass is 289 g/mol. The van der Waals surface area contributed by atoms with Crippen LogP contribution in [-0.2, 0) is 16.0 Å². The first-order valence-corrected chi connectivity index (χ1v) is 5.55. The molecule has 0 saturated carbocycles. The minimum Gasteiger partial charge on any atom is -0.370 e. The lowest BCUT2D eigenvalue weighted by Crippen LogP contribution is -2.43. The fourth-order valence-corrected chi connectivity index (χ4v) is 1.46. The maximum Gasteiger partial charge on any atom is 0.237 e. The molecule has 0 radical (unpaired) electrons. The van der Waals surface area contributed by atoms with E-state index in [9.17, 15) is 14.0 Å². The van der Waals surface area contributed by atoms with Crippen LogP contribution in [0.1, 0.15) is 12.0 Å². The standard InChI is InChI=1S/C12H16FN3O2.ClH/c13-9-3-1-2-8(6-9)4-5-16-12(18)10(14)7-11(15)17;/h1-3,6,10H,4-5,7,14H2,(H2,15,17)(H,16,18);1H. The average molecular weight is 290 g/mol. The van der Waals surface area contributed by atoms with Gasteiger partial charge in [0.1, 0.15) is 5.82 Å². The summed E-state index contributed by atoms with van der Waals surface area (Å²) in [5.41, 5.74) is 11.2. The number of hydrogen-bond donors (Lipinski definition) is 3. The molecule has 2 amide bonds. The maximum atomic E-state index is 12.9. The highest BCUT2D eigenvalue weighted by molar-refractivity contribution is 5.87. The van der Waals surface area contributed by atoms with Gasteiger partial charge < -0.3 is 16.8 Å². The number of halogens is 2. The summed E-state index contributed by atoms with van der Waals surface area (Å²) in [5.74, 6) is -1.38. The van der Waals surface area contributed by atoms with Gasteiger partial charge in [-0.25, -0.2) is 4.39 Å². The Labute approximate surface area is 116 Å². The van der Waals surface area contributed by atoms with Gasteiger partial charge in [-0.05, 0) is 24.1 Å². The summed E-state index contributed by atoms with van der Waals surface area (Å²) >= 11 is 0. The van der Waals surface area contributed by atoms with Gasteiger partial charge in [0.15, 0.2) is 0 Å². The highest BCUT2D eigenvalue weighted by Crippen LogP contribution is 2.03. The Morgan fingerprint density at radius 2 is 2.05 bits per heavy atom. The number of carbonyl (C=O) groups is 2. The molecule has 0 aliphatic rings. The topological polar surface area (TPSA) is 98.2 Å². The van der Waals surface area contributed by atoms with Gasteiger partial charge >= 0.3 is 0 Å². The van der Waals surface area contributed by atoms with E-state index in [2.05, 4.69) is 5.32 Å². The van der Waals surface area contributed by atoms with Crippen LogP contribution in [0.5, 0.6) is 0 Å². The number of benzene rings is 1. The van der Waals surface area contributed by atoms with Gasteiger partial charge in [0, 0.05) is 6.54 Å². The third-order valence-electron chi connectivity index (χ3n) is 2.36. The van der Waals surface area contributed by atoms with E-state index in [0.29, 0.717) is 13.0 Å². The van der Waals surface area contributed by atoms with E-state index in [4.69, 9.17) is 11.5 Å². The SMILES string of the molecule is Cl.NC(=O)CC(N)C(=O)NCCc1cccc(F)c1. The zero-order chi connectivity index (χ0) is 13.5. The zero-order valence-electron chi connectivity index (χ0n) is 10.3. The molecular formula is C12H17ClFN3O2. The van der Waals surface area contributed by atoms with Crippen molar-refractivity contribution in [3.8, 4) is 0 Å². The number of carbonyl (C=O) groups excluding carboxylic acids is 2. The van der Waals surface area contributed by atoms with Gasteiger partial charge in [0.25, 0.3) is 0 Å². The third kappa shape index (κ3) is 6.73. The molecule has 0 aliphatic carbocycles. The van der Waals surface area contributed by atoms with E-state index in [1.807, 2.05) is 0 Å². The Balaban J connectivity index is 0.00000324. The summed E-state index contributed by atoms with van der Waals surface area (Å²) in [5, 5.41) is 2.56. The Kier molecular flexibility index (Phi) is 7.71. The number of nitrogens with two attached hydrogens (primary N) is 2. The fourth-order valence-electron chi connectivity index (χ4n) is 1.46. The smallest absolute Gasteiger partial charge is 0.237 e. The van der Waals surface area contributed by atoms with Crippen LogP contribution in [0, 0.1) is 5.82 Å². The van der Waals surface area contributed by atoms with Crippen molar-refractivity contribution in [3.63, 3.8) is 0 Å². The minimum atomic E-state index is -0.935. The zero-order valence-corrected chi connectivity index (χ0v) is 11.1. The van der Waals surface area contributed by atoms with Gasteiger partial charge in [-0.2, -0.15) is 0 Å². The van der Waals surface area contributed by atoms with Crippen molar-refractivity contribution in [3.05, 3.63) is 35.6 Å². The molecule has 106 valence electrons. The second kappa shape index (κ2) is 8.44. The molecule has 19 heavy (non-hydrogen) atoms. The lowest BCUT2D eigenvalue weighted by molar-refractivity contribution is -0.126. The molecule has 1 aromatic carbocycles. The largest absolute Gasteiger partial charge is 0.370 e. The first-order valence-electron chi connectivity index (χ1n) is 5.55. The Hall–Kier alpha value is -1.66. The maximum absolute atomic E-state index is 12.9. The van der Waals surface area contributed by atoms with Gasteiger partial charge in [-0.15, -0.1) is 12.4 Å². The van der Waals surface area contributed by atoms with E-state index < -0.39 is 17.9 Å². The second-order valence-corrected chi connectivity index (χ2v) is 3.95. The normalized spacial score (nSPS) is 11.3. The minimum absolute atomic E-state index is 0. The lowest BCUT2D eigenvalue weighted by Gasteiger charge is -2.10. The van der Waals surface area contributed by atoms with Crippen LogP contribution in [0.25, 0.3) is 0 Å². The van der Waals surface area contributed by atoms with E-state index in [0.717, 1.165) is 5.56 Å². The summed E-state index contributed by atoms with van der Waals surface area (Å²) in [6.07, 6.45) is 0.304. The molecule has 1 rings (SSSR count). The number of hydrogen-bond acceptors (Lipinski definition) is 3. The van der Waals surface area contributed by atoms with Crippen molar-refractivity contribution in [1.29, 1.82) is 0 Å². The third-order valence-corrected chi connectivity index (χ3v) is 2.36. The van der Waals surface area contributed by atoms with Crippen LogP contribution < -0.4 is 16.8 Å². The molecule has 0 aliphatic heterocycles. The molecule has 0 fully saturated rings. The molecule has 1 atom stereocenters. The Morgan fingerprint density at radius 3 is 2.63 bits per heavy atom. The van der Waals surface area contributed by atoms with Crippen LogP contribution in [0.3, 0.4) is 0 Å². The van der Waals surface area contributed by atoms with Crippen molar-refractivity contribution in [1.82, 2.24) is 5.32 Å². The molecule has 0 saturated heterocycles. The molecular weight excluding hydrogens is 273 g/mol. The van der Waals surface area contributed by atoms with Crippen LogP contribution in [0.2, 0.25) is 0 Å². The van der Waals surface area contributed by atoms with Crippen molar-refractivity contribution >= 4 is 24.2 Å². The molecule has 1 aromatic rings. The molecule has 0 spiro atoms. The van der Waals surface area contributed by atoms with E-state index in [1.165, 1.54) is 12.1 Å². The van der Waals surface area contributed by atoms with Gasteiger partial charge in [0.05, 0.1) is 12.5 Å². The lowest BCUT2D eigenvalue weighted by atomic mass is 10.1. The molecule has 5 N–H and O–H groups in total. The highest BCUT2D eigenvalue weighted by Gasteiger charge is 2.14. The molecule has 0 aromatic heterocycles. The van der Waals surface area contributed by atoms with Crippen LogP contribution in [-0.4, -0.2) is 24.4 Å². The summed E-state index contributed by atoms with van der Waals surface area (Å²) in [4.78, 5) is 22.0. The first-order chi connectivity index (χ1) is 8.49. The number of primary amides is 1. The van der Waals surface area contributed by atoms with Crippen LogP contribution in [0.15, 0.2) is 24.3 Å². The molecule has 0 heterocycles. The second-order valence-electron chi connectivity index (χ2n) is 3.95. The van der Waals surface area contributed by atoms with Gasteiger partial charge in [0.2, 0.25) is 11.8 Å². The Bertz CT molecular complexity index is 443. The van der Waals surface area contributed by atoms with Crippen LogP contribution in [0.4, 0.5) is 4.39 Å². The molecule has 5 nitrogen and oxygen atoms in total. The summed E-state index contributed by atoms with van der Waals surface area (Å²) < 4.78 is 12.9. The van der Waals surface area contributed by atoms with E-state index >= 15 is 0 Å². The first kappa shape index (κ1) is 17.3. The predicted octanol–water partition coefficient (Wildman–Crippen LogP) is 0.109. The number of rotatable bonds is 6. The summed E-state index contributed by atoms with van der Waals surface area (Å²) in [6.45, 7) is 0.328. The van der Waals surface area contributed by atoms with Crippen molar-refractivity contribution in [2.75, 3.05) is 6.54 Å². The average Bonchev–Trinajstić information content (AvgIpc) is 2.28. The van der Waals surface area contributed by atoms with Crippen molar-refractivity contribution in [2.24, 2.45) is 11.5 Å². The molecule has 1 unspecified atom stereocenters. The molecule has 0 bridgehead atoms. The highest BCUT2D eigenvalue weighted by atomic mass is 35.5. The van der Waals surface area contributed by atoms with Gasteiger partial charge in [-0.3, -0.25) is 9.59 Å². The van der Waals surface area contributed by atoms with Crippen molar-refractivity contribution in [2.45, 2.75) is 18.9 Å². The van der Waals surface area contributed by atoms with Crippen molar-refractivity contribution < 1.29 is 14.0 Å². The van der Waals surface area contributed by atoms with E-state index in [-0.39, 0.29) is 24.6 Å². The van der Waals surface area contributed by atoms with Gasteiger partial charge in [-0.1, -0.05) is 12.1 Å². The Morgan fingerprint density at radius 1 is 1.37 bits per heavy atom. The summed E-state index contributed by atoms with van der Waals surface area (Å²) in [7, 11) is 0. The number of nitrogens with one attached hydrogen (secondary N) is 1. The van der Waals surface area contributed by atoms with E-state index in [1.54, 1.807) is 12.1 Å². The summed E-state index contributed by atoms with van der Waals surface area (Å²) in [6, 6.07) is 5.18.